The van der Waals surface area contributed by atoms with E-state index in [1.165, 1.54) is 0 Å². The second-order valence-corrected chi connectivity index (χ2v) is 4.00. The highest BCUT2D eigenvalue weighted by molar-refractivity contribution is 6.30. The van der Waals surface area contributed by atoms with E-state index in [0.29, 0.717) is 5.92 Å². The Balaban J connectivity index is 2.31. The van der Waals surface area contributed by atoms with Gasteiger partial charge in [0.2, 0.25) is 0 Å². The van der Waals surface area contributed by atoms with Crippen LogP contribution in [0.5, 0.6) is 0 Å². The van der Waals surface area contributed by atoms with E-state index in [4.69, 9.17) is 17.3 Å². The number of nitrogens with one attached hydrogen (secondary N) is 1. The van der Waals surface area contributed by atoms with Gasteiger partial charge in [-0.05, 0) is 37.1 Å². The molecule has 14 heavy (non-hydrogen) atoms. The molecule has 1 aromatic carbocycles. The highest BCUT2D eigenvalue weighted by Crippen LogP contribution is 2.14. The molecule has 0 aromatic heterocycles. The van der Waals surface area contributed by atoms with Crippen LogP contribution in [-0.4, -0.2) is 13.1 Å². The Morgan fingerprint density at radius 2 is 2.29 bits per heavy atom. The quantitative estimate of drug-likeness (QED) is 0.788. The van der Waals surface area contributed by atoms with Crippen molar-refractivity contribution in [3.63, 3.8) is 0 Å². The number of nitrogens with two attached hydrogens (primary N) is 1. The Kier molecular flexibility index (Phi) is 4.77. The van der Waals surface area contributed by atoms with E-state index < -0.39 is 0 Å². The molecule has 0 aliphatic rings. The van der Waals surface area contributed by atoms with Crippen molar-refractivity contribution in [2.24, 2.45) is 11.7 Å². The maximum absolute atomic E-state index is 5.85. The lowest BCUT2D eigenvalue weighted by Gasteiger charge is -2.10. The van der Waals surface area contributed by atoms with Crippen molar-refractivity contribution < 1.29 is 0 Å². The monoisotopic (exact) mass is 212 g/mol. The van der Waals surface area contributed by atoms with Crippen molar-refractivity contribution in [3.8, 4) is 0 Å². The van der Waals surface area contributed by atoms with Gasteiger partial charge in [0.1, 0.15) is 0 Å². The van der Waals surface area contributed by atoms with Gasteiger partial charge in [-0.2, -0.15) is 0 Å². The topological polar surface area (TPSA) is 38.0 Å². The first-order valence-corrected chi connectivity index (χ1v) is 5.29. The minimum atomic E-state index is 0.571. The lowest BCUT2D eigenvalue weighted by Crippen LogP contribution is -2.14. The number of hydrogen-bond acceptors (Lipinski definition) is 2. The molecule has 0 aliphatic heterocycles. The standard InChI is InChI=1S/C11H17ClN2/c1-9(8-13)5-6-14-11-4-2-3-10(12)7-11/h2-4,7,9,14H,5-6,8,13H2,1H3. The van der Waals surface area contributed by atoms with E-state index in [9.17, 15) is 0 Å². The predicted octanol–water partition coefficient (Wildman–Crippen LogP) is 2.74. The normalized spacial score (nSPS) is 12.5. The zero-order valence-electron chi connectivity index (χ0n) is 8.46. The Hall–Kier alpha value is -0.730. The highest BCUT2D eigenvalue weighted by Gasteiger charge is 1.98. The Bertz CT molecular complexity index is 276. The summed E-state index contributed by atoms with van der Waals surface area (Å²) in [6.07, 6.45) is 1.09. The van der Waals surface area contributed by atoms with E-state index in [2.05, 4.69) is 12.2 Å². The SMILES string of the molecule is CC(CN)CCNc1cccc(Cl)c1. The summed E-state index contributed by atoms with van der Waals surface area (Å²) in [6, 6.07) is 7.75. The fourth-order valence-electron chi connectivity index (χ4n) is 1.18. The van der Waals surface area contributed by atoms with E-state index >= 15 is 0 Å². The Labute approximate surface area is 90.4 Å². The van der Waals surface area contributed by atoms with Crippen LogP contribution in [0.15, 0.2) is 24.3 Å². The second kappa shape index (κ2) is 5.89. The van der Waals surface area contributed by atoms with Crippen LogP contribution in [0.4, 0.5) is 5.69 Å². The van der Waals surface area contributed by atoms with Crippen LogP contribution in [0.2, 0.25) is 5.02 Å². The van der Waals surface area contributed by atoms with E-state index in [1.807, 2.05) is 24.3 Å². The number of halogens is 1. The van der Waals surface area contributed by atoms with E-state index in [1.54, 1.807) is 0 Å². The summed E-state index contributed by atoms with van der Waals surface area (Å²) in [4.78, 5) is 0. The third-order valence-electron chi connectivity index (χ3n) is 2.19. The van der Waals surface area contributed by atoms with Gasteiger partial charge in [-0.25, -0.2) is 0 Å². The average molecular weight is 213 g/mol. The molecular formula is C11H17ClN2. The third kappa shape index (κ3) is 3.99. The fraction of sp³-hybridized carbons (Fsp3) is 0.455. The van der Waals surface area contributed by atoms with Gasteiger partial charge in [-0.15, -0.1) is 0 Å². The van der Waals surface area contributed by atoms with Gasteiger partial charge in [0.25, 0.3) is 0 Å². The smallest absolute Gasteiger partial charge is 0.0426 e. The molecule has 0 aliphatic carbocycles. The van der Waals surface area contributed by atoms with Crippen LogP contribution < -0.4 is 11.1 Å². The first-order valence-electron chi connectivity index (χ1n) is 4.92. The largest absolute Gasteiger partial charge is 0.385 e. The summed E-state index contributed by atoms with van der Waals surface area (Å²) in [6.45, 7) is 3.84. The lowest BCUT2D eigenvalue weighted by atomic mass is 10.1. The molecule has 2 nitrogen and oxygen atoms in total. The Morgan fingerprint density at radius 3 is 2.93 bits per heavy atom. The molecule has 0 saturated carbocycles. The van der Waals surface area contributed by atoms with Gasteiger partial charge in [0.05, 0.1) is 0 Å². The molecule has 1 unspecified atom stereocenters. The molecule has 78 valence electrons. The van der Waals surface area contributed by atoms with Gasteiger partial charge in [0, 0.05) is 17.3 Å². The van der Waals surface area contributed by atoms with E-state index in [-0.39, 0.29) is 0 Å². The summed E-state index contributed by atoms with van der Waals surface area (Å²) in [5, 5.41) is 4.08. The Morgan fingerprint density at radius 1 is 1.50 bits per heavy atom. The van der Waals surface area contributed by atoms with Crippen molar-refractivity contribution in [2.75, 3.05) is 18.4 Å². The molecule has 3 N–H and O–H groups in total. The molecule has 0 amide bonds. The second-order valence-electron chi connectivity index (χ2n) is 3.57. The zero-order chi connectivity index (χ0) is 10.4. The number of anilines is 1. The predicted molar refractivity (Wildman–Crippen MR) is 62.8 cm³/mol. The lowest BCUT2D eigenvalue weighted by molar-refractivity contribution is 0.561. The van der Waals surface area contributed by atoms with Crippen molar-refractivity contribution in [1.82, 2.24) is 0 Å². The third-order valence-corrected chi connectivity index (χ3v) is 2.43. The van der Waals surface area contributed by atoms with Gasteiger partial charge in [-0.1, -0.05) is 24.6 Å². The molecule has 0 saturated heterocycles. The molecule has 0 bridgehead atoms. The van der Waals surface area contributed by atoms with Gasteiger partial charge >= 0.3 is 0 Å². The zero-order valence-corrected chi connectivity index (χ0v) is 9.22. The van der Waals surface area contributed by atoms with Crippen LogP contribution in [-0.2, 0) is 0 Å². The number of benzene rings is 1. The number of rotatable bonds is 5. The molecule has 1 aromatic rings. The van der Waals surface area contributed by atoms with Crippen molar-refractivity contribution >= 4 is 17.3 Å². The maximum atomic E-state index is 5.85. The van der Waals surface area contributed by atoms with Gasteiger partial charge in [-0.3, -0.25) is 0 Å². The summed E-state index contributed by atoms with van der Waals surface area (Å²) < 4.78 is 0. The maximum Gasteiger partial charge on any atom is 0.0426 e. The molecule has 0 fully saturated rings. The summed E-state index contributed by atoms with van der Waals surface area (Å²) in [7, 11) is 0. The minimum Gasteiger partial charge on any atom is -0.385 e. The van der Waals surface area contributed by atoms with Crippen LogP contribution in [0.1, 0.15) is 13.3 Å². The van der Waals surface area contributed by atoms with Crippen LogP contribution in [0.25, 0.3) is 0 Å². The molecular weight excluding hydrogens is 196 g/mol. The highest BCUT2D eigenvalue weighted by atomic mass is 35.5. The van der Waals surface area contributed by atoms with Gasteiger partial charge < -0.3 is 11.1 Å². The average Bonchev–Trinajstić information content (AvgIpc) is 2.17. The molecule has 1 rings (SSSR count). The van der Waals surface area contributed by atoms with E-state index in [0.717, 1.165) is 30.2 Å². The van der Waals surface area contributed by atoms with Crippen molar-refractivity contribution in [2.45, 2.75) is 13.3 Å². The number of hydrogen-bond donors (Lipinski definition) is 2. The van der Waals surface area contributed by atoms with Crippen molar-refractivity contribution in [1.29, 1.82) is 0 Å². The molecule has 0 heterocycles. The molecule has 1 atom stereocenters. The molecule has 0 radical (unpaired) electrons. The van der Waals surface area contributed by atoms with Crippen LogP contribution in [0, 0.1) is 5.92 Å². The van der Waals surface area contributed by atoms with Crippen molar-refractivity contribution in [3.05, 3.63) is 29.3 Å². The summed E-state index contributed by atoms with van der Waals surface area (Å²) >= 11 is 5.85. The fourth-order valence-corrected chi connectivity index (χ4v) is 1.37. The molecule has 0 spiro atoms. The van der Waals surface area contributed by atoms with Gasteiger partial charge in [0.15, 0.2) is 0 Å². The first kappa shape index (κ1) is 11.3. The molecule has 3 heteroatoms. The van der Waals surface area contributed by atoms with Crippen LogP contribution >= 0.6 is 11.6 Å². The summed E-state index contributed by atoms with van der Waals surface area (Å²) in [5.41, 5.74) is 6.60. The van der Waals surface area contributed by atoms with Crippen LogP contribution in [0.3, 0.4) is 0 Å². The minimum absolute atomic E-state index is 0.571. The summed E-state index contributed by atoms with van der Waals surface area (Å²) in [5.74, 6) is 0.571. The first-order chi connectivity index (χ1) is 6.72.